The zero-order valence-corrected chi connectivity index (χ0v) is 12.4. The van der Waals surface area contributed by atoms with Gasteiger partial charge in [0.15, 0.2) is 0 Å². The predicted octanol–water partition coefficient (Wildman–Crippen LogP) is 2.24. The van der Waals surface area contributed by atoms with Gasteiger partial charge in [0, 0.05) is 12.5 Å². The molecular formula is C16H17FN2O3. The lowest BCUT2D eigenvalue weighted by molar-refractivity contribution is -0.120. The van der Waals surface area contributed by atoms with Crippen molar-refractivity contribution in [1.82, 2.24) is 10.2 Å². The number of imide groups is 1. The maximum absolute atomic E-state index is 13.7. The third kappa shape index (κ3) is 2.90. The average Bonchev–Trinajstić information content (AvgIpc) is 2.75. The van der Waals surface area contributed by atoms with E-state index in [0.29, 0.717) is 6.42 Å². The summed E-state index contributed by atoms with van der Waals surface area (Å²) >= 11 is 0. The lowest BCUT2D eigenvalue weighted by Crippen LogP contribution is -2.38. The van der Waals surface area contributed by atoms with E-state index in [0.717, 1.165) is 11.0 Å². The van der Waals surface area contributed by atoms with E-state index in [4.69, 9.17) is 0 Å². The Labute approximate surface area is 127 Å². The molecule has 3 amide bonds. The second kappa shape index (κ2) is 6.51. The van der Waals surface area contributed by atoms with Crippen LogP contribution in [0.2, 0.25) is 0 Å². The largest absolute Gasteiger partial charge is 0.333 e. The molecule has 1 aliphatic heterocycles. The summed E-state index contributed by atoms with van der Waals surface area (Å²) < 4.78 is 13.7. The average molecular weight is 304 g/mol. The molecule has 0 saturated heterocycles. The maximum atomic E-state index is 13.7. The number of hydrogen-bond donors (Lipinski definition) is 1. The summed E-state index contributed by atoms with van der Waals surface area (Å²) in [5.41, 5.74) is -0.104. The summed E-state index contributed by atoms with van der Waals surface area (Å²) in [6.07, 6.45) is 3.69. The number of carbonyl (C=O) groups excluding carboxylic acids is 3. The molecule has 22 heavy (non-hydrogen) atoms. The molecule has 1 heterocycles. The van der Waals surface area contributed by atoms with Crippen LogP contribution in [0.15, 0.2) is 30.5 Å². The van der Waals surface area contributed by atoms with Crippen molar-refractivity contribution in [1.29, 1.82) is 0 Å². The molecule has 1 unspecified atom stereocenters. The normalized spacial score (nSPS) is 15.3. The fourth-order valence-electron chi connectivity index (χ4n) is 2.38. The molecule has 5 nitrogen and oxygen atoms in total. The molecule has 1 aromatic carbocycles. The molecule has 2 rings (SSSR count). The lowest BCUT2D eigenvalue weighted by atomic mass is 10.1. The van der Waals surface area contributed by atoms with E-state index in [1.807, 2.05) is 0 Å². The van der Waals surface area contributed by atoms with E-state index in [2.05, 4.69) is 5.32 Å². The number of carbonyl (C=O) groups is 3. The summed E-state index contributed by atoms with van der Waals surface area (Å²) in [6, 6.07) is 3.51. The van der Waals surface area contributed by atoms with Gasteiger partial charge in [-0.05, 0) is 38.6 Å². The Kier molecular flexibility index (Phi) is 4.70. The molecule has 0 fully saturated rings. The topological polar surface area (TPSA) is 66.5 Å². The van der Waals surface area contributed by atoms with Crippen molar-refractivity contribution in [3.63, 3.8) is 0 Å². The molecule has 0 aliphatic carbocycles. The molecule has 0 aromatic heterocycles. The van der Waals surface area contributed by atoms with E-state index in [1.54, 1.807) is 19.9 Å². The highest BCUT2D eigenvalue weighted by Gasteiger charge is 2.40. The smallest absolute Gasteiger partial charge is 0.264 e. The van der Waals surface area contributed by atoms with Crippen LogP contribution in [0.3, 0.4) is 0 Å². The van der Waals surface area contributed by atoms with Crippen molar-refractivity contribution in [3.8, 4) is 0 Å². The molecule has 1 aromatic rings. The Balaban J connectivity index is 2.08. The lowest BCUT2D eigenvalue weighted by Gasteiger charge is -2.22. The Hall–Kier alpha value is -2.50. The molecule has 0 saturated carbocycles. The number of amides is 3. The number of nitrogens with one attached hydrogen (secondary N) is 1. The Morgan fingerprint density at radius 1 is 1.36 bits per heavy atom. The standard InChI is InChI=1S/C16H17FN2O3/c1-3-9-18-13(20)8-7-10(2)19-15(21)11-5-4-6-12(17)14(11)16(19)22/h3-6,9-10H,7-8H2,1-2H3,(H,18,20)/b9-3-. The van der Waals surface area contributed by atoms with Gasteiger partial charge in [-0.2, -0.15) is 0 Å². The quantitative estimate of drug-likeness (QED) is 0.848. The van der Waals surface area contributed by atoms with Crippen LogP contribution in [-0.4, -0.2) is 28.7 Å². The van der Waals surface area contributed by atoms with Crippen molar-refractivity contribution in [2.24, 2.45) is 0 Å². The highest BCUT2D eigenvalue weighted by Crippen LogP contribution is 2.27. The van der Waals surface area contributed by atoms with Crippen molar-refractivity contribution in [3.05, 3.63) is 47.4 Å². The van der Waals surface area contributed by atoms with Gasteiger partial charge in [-0.25, -0.2) is 4.39 Å². The predicted molar refractivity (Wildman–Crippen MR) is 78.6 cm³/mol. The van der Waals surface area contributed by atoms with Gasteiger partial charge in [0.1, 0.15) is 5.82 Å². The van der Waals surface area contributed by atoms with Gasteiger partial charge in [-0.15, -0.1) is 0 Å². The number of benzene rings is 1. The highest BCUT2D eigenvalue weighted by molar-refractivity contribution is 6.21. The third-order valence-electron chi connectivity index (χ3n) is 3.54. The van der Waals surface area contributed by atoms with Crippen LogP contribution >= 0.6 is 0 Å². The van der Waals surface area contributed by atoms with Crippen LogP contribution in [-0.2, 0) is 4.79 Å². The Bertz CT molecular complexity index is 655. The summed E-state index contributed by atoms with van der Waals surface area (Å²) in [5.74, 6) is -2.05. The van der Waals surface area contributed by atoms with E-state index >= 15 is 0 Å². The summed E-state index contributed by atoms with van der Waals surface area (Å²) in [4.78, 5) is 37.1. The highest BCUT2D eigenvalue weighted by atomic mass is 19.1. The van der Waals surface area contributed by atoms with E-state index in [-0.39, 0.29) is 23.5 Å². The number of fused-ring (bicyclic) bond motifs is 1. The van der Waals surface area contributed by atoms with Crippen LogP contribution in [0.5, 0.6) is 0 Å². The Morgan fingerprint density at radius 3 is 2.73 bits per heavy atom. The van der Waals surface area contributed by atoms with Crippen molar-refractivity contribution in [2.75, 3.05) is 0 Å². The van der Waals surface area contributed by atoms with E-state index in [1.165, 1.54) is 18.3 Å². The first-order chi connectivity index (χ1) is 10.5. The molecule has 0 bridgehead atoms. The number of nitrogens with zero attached hydrogens (tertiary/aromatic N) is 1. The van der Waals surface area contributed by atoms with Gasteiger partial charge in [0.25, 0.3) is 11.8 Å². The van der Waals surface area contributed by atoms with Gasteiger partial charge < -0.3 is 5.32 Å². The van der Waals surface area contributed by atoms with Gasteiger partial charge in [0.2, 0.25) is 5.91 Å². The first kappa shape index (κ1) is 15.9. The molecule has 6 heteroatoms. The maximum Gasteiger partial charge on any atom is 0.264 e. The molecule has 116 valence electrons. The minimum Gasteiger partial charge on any atom is -0.333 e. The molecule has 0 radical (unpaired) electrons. The minimum absolute atomic E-state index is 0.0789. The molecular weight excluding hydrogens is 287 g/mol. The first-order valence-electron chi connectivity index (χ1n) is 7.04. The second-order valence-electron chi connectivity index (χ2n) is 5.10. The number of rotatable bonds is 5. The summed E-state index contributed by atoms with van der Waals surface area (Å²) in [6.45, 7) is 3.44. The fourth-order valence-corrected chi connectivity index (χ4v) is 2.38. The first-order valence-corrected chi connectivity index (χ1v) is 7.04. The number of allylic oxidation sites excluding steroid dienone is 1. The van der Waals surface area contributed by atoms with Gasteiger partial charge in [0.05, 0.1) is 11.1 Å². The molecule has 1 aliphatic rings. The van der Waals surface area contributed by atoms with Crippen LogP contribution in [0.4, 0.5) is 4.39 Å². The number of halogens is 1. The zero-order valence-electron chi connectivity index (χ0n) is 12.4. The minimum atomic E-state index is -0.698. The van der Waals surface area contributed by atoms with Gasteiger partial charge in [-0.1, -0.05) is 12.1 Å². The summed E-state index contributed by atoms with van der Waals surface area (Å²) in [5, 5.41) is 2.56. The van der Waals surface area contributed by atoms with Crippen molar-refractivity contribution >= 4 is 17.7 Å². The second-order valence-corrected chi connectivity index (χ2v) is 5.10. The van der Waals surface area contributed by atoms with E-state index in [9.17, 15) is 18.8 Å². The van der Waals surface area contributed by atoms with Gasteiger partial charge in [-0.3, -0.25) is 19.3 Å². The summed E-state index contributed by atoms with van der Waals surface area (Å²) in [7, 11) is 0. The van der Waals surface area contributed by atoms with Gasteiger partial charge >= 0.3 is 0 Å². The van der Waals surface area contributed by atoms with Crippen LogP contribution in [0, 0.1) is 5.82 Å². The van der Waals surface area contributed by atoms with Crippen molar-refractivity contribution < 1.29 is 18.8 Å². The van der Waals surface area contributed by atoms with Crippen LogP contribution in [0.1, 0.15) is 47.4 Å². The molecule has 0 spiro atoms. The Morgan fingerprint density at radius 2 is 2.09 bits per heavy atom. The zero-order chi connectivity index (χ0) is 16.3. The monoisotopic (exact) mass is 304 g/mol. The van der Waals surface area contributed by atoms with E-state index < -0.39 is 23.7 Å². The molecule has 1 N–H and O–H groups in total. The third-order valence-corrected chi connectivity index (χ3v) is 3.54. The van der Waals surface area contributed by atoms with Crippen LogP contribution in [0.25, 0.3) is 0 Å². The SMILES string of the molecule is C/C=C\NC(=O)CCC(C)N1C(=O)c2cccc(F)c2C1=O. The number of hydrogen-bond acceptors (Lipinski definition) is 3. The van der Waals surface area contributed by atoms with Crippen LogP contribution < -0.4 is 5.32 Å². The van der Waals surface area contributed by atoms with Crippen molar-refractivity contribution in [2.45, 2.75) is 32.7 Å². The fraction of sp³-hybridized carbons (Fsp3) is 0.312. The molecule has 1 atom stereocenters.